The van der Waals surface area contributed by atoms with Gasteiger partial charge in [-0.05, 0) is 38.9 Å². The molecule has 1 fully saturated rings. The van der Waals surface area contributed by atoms with Crippen molar-refractivity contribution in [1.29, 1.82) is 0 Å². The second-order valence-electron chi connectivity index (χ2n) is 6.93. The second kappa shape index (κ2) is 7.99. The average molecular weight is 370 g/mol. The Hall–Kier alpha value is -2.55. The maximum Gasteiger partial charge on any atom is 0.240 e. The smallest absolute Gasteiger partial charge is 0.240 e. The predicted octanol–water partition coefficient (Wildman–Crippen LogP) is 1.87. The number of aromatic nitrogens is 7. The molecular formula is C18H26N8O. The maximum atomic E-state index is 5.32. The van der Waals surface area contributed by atoms with Crippen molar-refractivity contribution in [3.8, 4) is 0 Å². The van der Waals surface area contributed by atoms with Gasteiger partial charge in [-0.3, -0.25) is 9.58 Å². The van der Waals surface area contributed by atoms with Crippen LogP contribution in [0.1, 0.15) is 56.0 Å². The fraction of sp³-hybridized carbons (Fsp3) is 0.611. The van der Waals surface area contributed by atoms with Crippen molar-refractivity contribution in [2.24, 2.45) is 0 Å². The van der Waals surface area contributed by atoms with Gasteiger partial charge in [-0.2, -0.15) is 10.1 Å². The fourth-order valence-corrected chi connectivity index (χ4v) is 3.69. The van der Waals surface area contributed by atoms with Gasteiger partial charge in [0.05, 0.1) is 6.54 Å². The Morgan fingerprint density at radius 2 is 2.00 bits per heavy atom. The zero-order chi connectivity index (χ0) is 18.6. The number of nitrogens with zero attached hydrogens (tertiary/aromatic N) is 8. The largest absolute Gasteiger partial charge is 0.338 e. The highest BCUT2D eigenvalue weighted by atomic mass is 16.5. The first-order chi connectivity index (χ1) is 13.3. The Balaban J connectivity index is 1.38. The quantitative estimate of drug-likeness (QED) is 0.627. The molecule has 27 heavy (non-hydrogen) atoms. The molecule has 4 rings (SSSR count). The van der Waals surface area contributed by atoms with Crippen molar-refractivity contribution in [1.82, 2.24) is 39.6 Å². The summed E-state index contributed by atoms with van der Waals surface area (Å²) in [7, 11) is 0. The normalized spacial score (nSPS) is 16.2. The van der Waals surface area contributed by atoms with Crippen molar-refractivity contribution in [2.75, 3.05) is 13.1 Å². The minimum absolute atomic E-state index is 0.439. The zero-order valence-electron chi connectivity index (χ0n) is 16.0. The first-order valence-electron chi connectivity index (χ1n) is 9.70. The topological polar surface area (TPSA) is 90.7 Å². The molecule has 0 spiro atoms. The minimum atomic E-state index is 0.439. The Bertz CT molecular complexity index is 845. The number of piperidine rings is 1. The SMILES string of the molecule is CCc1noc(CN2CCC(c3nnc(Cn4cccn4)n3CC)CC2)n1. The van der Waals surface area contributed by atoms with Gasteiger partial charge in [0.1, 0.15) is 12.4 Å². The molecule has 9 nitrogen and oxygen atoms in total. The van der Waals surface area contributed by atoms with Crippen molar-refractivity contribution in [3.63, 3.8) is 0 Å². The highest BCUT2D eigenvalue weighted by Crippen LogP contribution is 2.28. The zero-order valence-corrected chi connectivity index (χ0v) is 16.0. The van der Waals surface area contributed by atoms with E-state index in [-0.39, 0.29) is 0 Å². The summed E-state index contributed by atoms with van der Waals surface area (Å²) >= 11 is 0. The highest BCUT2D eigenvalue weighted by molar-refractivity contribution is 5.05. The third-order valence-electron chi connectivity index (χ3n) is 5.17. The van der Waals surface area contributed by atoms with Crippen LogP contribution in [0.5, 0.6) is 0 Å². The molecule has 1 aliphatic rings. The first-order valence-corrected chi connectivity index (χ1v) is 9.70. The van der Waals surface area contributed by atoms with Gasteiger partial charge in [0.25, 0.3) is 0 Å². The van der Waals surface area contributed by atoms with E-state index in [0.717, 1.165) is 62.9 Å². The molecule has 1 aliphatic heterocycles. The van der Waals surface area contributed by atoms with E-state index in [1.54, 1.807) is 6.20 Å². The first kappa shape index (κ1) is 17.8. The van der Waals surface area contributed by atoms with Gasteiger partial charge in [-0.15, -0.1) is 10.2 Å². The summed E-state index contributed by atoms with van der Waals surface area (Å²) in [4.78, 5) is 6.79. The lowest BCUT2D eigenvalue weighted by molar-refractivity contribution is 0.177. The lowest BCUT2D eigenvalue weighted by Gasteiger charge is -2.30. The summed E-state index contributed by atoms with van der Waals surface area (Å²) in [6.07, 6.45) is 6.67. The van der Waals surface area contributed by atoms with E-state index in [9.17, 15) is 0 Å². The Morgan fingerprint density at radius 3 is 2.67 bits per heavy atom. The number of likely N-dealkylation sites (tertiary alicyclic amines) is 1. The van der Waals surface area contributed by atoms with Crippen LogP contribution in [-0.2, 0) is 26.1 Å². The molecule has 9 heteroatoms. The summed E-state index contributed by atoms with van der Waals surface area (Å²) in [5.74, 6) is 4.00. The third-order valence-corrected chi connectivity index (χ3v) is 5.17. The Kier molecular flexibility index (Phi) is 5.28. The van der Waals surface area contributed by atoms with Gasteiger partial charge in [-0.25, -0.2) is 0 Å². The van der Waals surface area contributed by atoms with Gasteiger partial charge >= 0.3 is 0 Å². The monoisotopic (exact) mass is 370 g/mol. The van der Waals surface area contributed by atoms with Crippen LogP contribution in [0.4, 0.5) is 0 Å². The van der Waals surface area contributed by atoms with Gasteiger partial charge in [0.2, 0.25) is 5.89 Å². The van der Waals surface area contributed by atoms with Crippen LogP contribution >= 0.6 is 0 Å². The van der Waals surface area contributed by atoms with Gasteiger partial charge in [-0.1, -0.05) is 12.1 Å². The average Bonchev–Trinajstić information content (AvgIpc) is 3.44. The molecule has 144 valence electrons. The fourth-order valence-electron chi connectivity index (χ4n) is 3.69. The van der Waals surface area contributed by atoms with Gasteiger partial charge < -0.3 is 9.09 Å². The van der Waals surface area contributed by atoms with Gasteiger partial charge in [0, 0.05) is 31.3 Å². The highest BCUT2D eigenvalue weighted by Gasteiger charge is 2.26. The molecule has 0 bridgehead atoms. The lowest BCUT2D eigenvalue weighted by atomic mass is 9.96. The Labute approximate surface area is 158 Å². The van der Waals surface area contributed by atoms with E-state index in [2.05, 4.69) is 41.8 Å². The molecule has 0 aliphatic carbocycles. The van der Waals surface area contributed by atoms with Crippen LogP contribution in [0, 0.1) is 0 Å². The van der Waals surface area contributed by atoms with Crippen LogP contribution < -0.4 is 0 Å². The van der Waals surface area contributed by atoms with Crippen LogP contribution in [-0.4, -0.2) is 52.7 Å². The molecule has 0 amide bonds. The minimum Gasteiger partial charge on any atom is -0.338 e. The summed E-state index contributed by atoms with van der Waals surface area (Å²) in [6, 6.07) is 1.93. The molecule has 4 heterocycles. The Morgan fingerprint density at radius 1 is 1.15 bits per heavy atom. The maximum absolute atomic E-state index is 5.32. The molecule has 1 saturated heterocycles. The summed E-state index contributed by atoms with van der Waals surface area (Å²) in [6.45, 7) is 8.44. The van der Waals surface area contributed by atoms with Crippen molar-refractivity contribution in [3.05, 3.63) is 41.8 Å². The summed E-state index contributed by atoms with van der Waals surface area (Å²) < 4.78 is 9.45. The van der Waals surface area contributed by atoms with Crippen LogP contribution in [0.2, 0.25) is 0 Å². The second-order valence-corrected chi connectivity index (χ2v) is 6.93. The van der Waals surface area contributed by atoms with E-state index in [0.29, 0.717) is 18.4 Å². The lowest BCUT2D eigenvalue weighted by Crippen LogP contribution is -2.33. The molecule has 0 radical (unpaired) electrons. The molecular weight excluding hydrogens is 344 g/mol. The molecule has 0 atom stereocenters. The van der Waals surface area contributed by atoms with E-state index >= 15 is 0 Å². The number of hydrogen-bond donors (Lipinski definition) is 0. The van der Waals surface area contributed by atoms with Crippen molar-refractivity contribution in [2.45, 2.75) is 58.7 Å². The van der Waals surface area contributed by atoms with E-state index in [1.165, 1.54) is 0 Å². The van der Waals surface area contributed by atoms with Crippen molar-refractivity contribution < 1.29 is 4.52 Å². The standard InChI is InChI=1S/C18H26N8O/c1-3-15-20-17(27-23-15)13-24-10-6-14(7-11-24)18-22-21-16(26(18)4-2)12-25-9-5-8-19-25/h5,8-9,14H,3-4,6-7,10-13H2,1-2H3. The van der Waals surface area contributed by atoms with Crippen LogP contribution in [0.15, 0.2) is 23.0 Å². The molecule has 0 unspecified atom stereocenters. The van der Waals surface area contributed by atoms with Crippen molar-refractivity contribution >= 4 is 0 Å². The summed E-state index contributed by atoms with van der Waals surface area (Å²) in [5.41, 5.74) is 0. The van der Waals surface area contributed by atoms with E-state index < -0.39 is 0 Å². The molecule has 3 aromatic rings. The van der Waals surface area contributed by atoms with Gasteiger partial charge in [0.15, 0.2) is 11.6 Å². The van der Waals surface area contributed by atoms with E-state index in [4.69, 9.17) is 4.52 Å². The number of rotatable bonds is 7. The van der Waals surface area contributed by atoms with E-state index in [1.807, 2.05) is 23.9 Å². The van der Waals surface area contributed by atoms with Crippen LogP contribution in [0.3, 0.4) is 0 Å². The number of aryl methyl sites for hydroxylation is 1. The number of hydrogen-bond acceptors (Lipinski definition) is 7. The van der Waals surface area contributed by atoms with Crippen LogP contribution in [0.25, 0.3) is 0 Å². The molecule has 0 saturated carbocycles. The molecule has 0 aromatic carbocycles. The predicted molar refractivity (Wildman–Crippen MR) is 98.0 cm³/mol. The third kappa shape index (κ3) is 3.92. The molecule has 0 N–H and O–H groups in total. The molecule has 3 aromatic heterocycles. The summed E-state index contributed by atoms with van der Waals surface area (Å²) in [5, 5.41) is 17.2.